The second-order valence-corrected chi connectivity index (χ2v) is 5.38. The van der Waals surface area contributed by atoms with Gasteiger partial charge in [-0.25, -0.2) is 0 Å². The van der Waals surface area contributed by atoms with E-state index in [2.05, 4.69) is 27.3 Å². The highest BCUT2D eigenvalue weighted by Crippen LogP contribution is 2.22. The molecule has 0 saturated carbocycles. The van der Waals surface area contributed by atoms with Gasteiger partial charge in [-0.05, 0) is 56.2 Å². The van der Waals surface area contributed by atoms with Crippen molar-refractivity contribution in [1.82, 2.24) is 4.98 Å². The lowest BCUT2D eigenvalue weighted by atomic mass is 10.2. The minimum absolute atomic E-state index is 0.128. The van der Waals surface area contributed by atoms with Crippen molar-refractivity contribution in [2.45, 2.75) is 19.8 Å². The summed E-state index contributed by atoms with van der Waals surface area (Å²) in [6, 6.07) is 11.7. The van der Waals surface area contributed by atoms with Crippen molar-refractivity contribution in [3.63, 3.8) is 0 Å². The quantitative estimate of drug-likeness (QED) is 0.939. The molecule has 2 aromatic rings. The van der Waals surface area contributed by atoms with Crippen LogP contribution in [0.1, 0.15) is 28.9 Å². The van der Waals surface area contributed by atoms with Gasteiger partial charge in [0.15, 0.2) is 0 Å². The van der Waals surface area contributed by atoms with Crippen molar-refractivity contribution < 1.29 is 4.79 Å². The number of nitrogens with one attached hydrogen (secondary N) is 1. The number of carbonyl (C=O) groups is 1. The van der Waals surface area contributed by atoms with Crippen LogP contribution in [0.5, 0.6) is 0 Å². The van der Waals surface area contributed by atoms with Crippen LogP contribution in [-0.4, -0.2) is 24.0 Å². The average Bonchev–Trinajstić information content (AvgIpc) is 3.03. The zero-order chi connectivity index (χ0) is 14.7. The standard InChI is InChI=1S/C17H19N3O/c1-13-4-5-14(12-18-13)17(21)19-15-6-8-16(9-7-15)20-10-2-3-11-20/h4-9,12H,2-3,10-11H2,1H3,(H,19,21). The summed E-state index contributed by atoms with van der Waals surface area (Å²) in [5, 5.41) is 2.90. The maximum Gasteiger partial charge on any atom is 0.257 e. The van der Waals surface area contributed by atoms with Gasteiger partial charge in [0.25, 0.3) is 5.91 Å². The molecule has 21 heavy (non-hydrogen) atoms. The van der Waals surface area contributed by atoms with Gasteiger partial charge in [-0.3, -0.25) is 9.78 Å². The zero-order valence-corrected chi connectivity index (χ0v) is 12.2. The first-order valence-electron chi connectivity index (χ1n) is 7.31. The lowest BCUT2D eigenvalue weighted by Crippen LogP contribution is -2.17. The minimum Gasteiger partial charge on any atom is -0.372 e. The Balaban J connectivity index is 1.67. The number of hydrogen-bond acceptors (Lipinski definition) is 3. The third-order valence-corrected chi connectivity index (χ3v) is 3.77. The molecular weight excluding hydrogens is 262 g/mol. The molecular formula is C17H19N3O. The molecule has 4 heteroatoms. The summed E-state index contributed by atoms with van der Waals surface area (Å²) in [7, 11) is 0. The van der Waals surface area contributed by atoms with Crippen LogP contribution in [0, 0.1) is 6.92 Å². The van der Waals surface area contributed by atoms with Crippen LogP contribution in [0.15, 0.2) is 42.6 Å². The highest BCUT2D eigenvalue weighted by Gasteiger charge is 2.12. The summed E-state index contributed by atoms with van der Waals surface area (Å²) in [6.07, 6.45) is 4.13. The largest absolute Gasteiger partial charge is 0.372 e. The maximum absolute atomic E-state index is 12.1. The molecule has 1 amide bonds. The number of rotatable bonds is 3. The molecule has 3 rings (SSSR count). The van der Waals surface area contributed by atoms with Crippen molar-refractivity contribution in [2.75, 3.05) is 23.3 Å². The van der Waals surface area contributed by atoms with Crippen LogP contribution in [0.2, 0.25) is 0 Å². The van der Waals surface area contributed by atoms with Crippen molar-refractivity contribution in [1.29, 1.82) is 0 Å². The van der Waals surface area contributed by atoms with Gasteiger partial charge < -0.3 is 10.2 Å². The van der Waals surface area contributed by atoms with Gasteiger partial charge in [0, 0.05) is 36.4 Å². The molecule has 0 atom stereocenters. The first kappa shape index (κ1) is 13.6. The molecule has 2 heterocycles. The number of aryl methyl sites for hydroxylation is 1. The molecule has 108 valence electrons. The van der Waals surface area contributed by atoms with E-state index in [1.807, 2.05) is 25.1 Å². The van der Waals surface area contributed by atoms with E-state index in [0.29, 0.717) is 5.56 Å². The number of nitrogens with zero attached hydrogens (tertiary/aromatic N) is 2. The molecule has 1 N–H and O–H groups in total. The number of carbonyl (C=O) groups excluding carboxylic acids is 1. The second kappa shape index (κ2) is 5.95. The molecule has 1 aliphatic rings. The van der Waals surface area contributed by atoms with Crippen LogP contribution in [0.3, 0.4) is 0 Å². The Bertz CT molecular complexity index is 613. The topological polar surface area (TPSA) is 45.2 Å². The van der Waals surface area contributed by atoms with Crippen LogP contribution in [0.4, 0.5) is 11.4 Å². The number of anilines is 2. The fourth-order valence-corrected chi connectivity index (χ4v) is 2.54. The van der Waals surface area contributed by atoms with Gasteiger partial charge in [-0.2, -0.15) is 0 Å². The molecule has 1 aromatic carbocycles. The summed E-state index contributed by atoms with van der Waals surface area (Å²) in [4.78, 5) is 18.6. The summed E-state index contributed by atoms with van der Waals surface area (Å²) in [5.74, 6) is -0.128. The van der Waals surface area contributed by atoms with Gasteiger partial charge in [-0.15, -0.1) is 0 Å². The summed E-state index contributed by atoms with van der Waals surface area (Å²) < 4.78 is 0. The van der Waals surface area contributed by atoms with E-state index in [9.17, 15) is 4.79 Å². The molecule has 4 nitrogen and oxygen atoms in total. The Kier molecular flexibility index (Phi) is 3.86. The molecule has 0 radical (unpaired) electrons. The van der Waals surface area contributed by atoms with E-state index in [-0.39, 0.29) is 5.91 Å². The molecule has 0 bridgehead atoms. The van der Waals surface area contributed by atoms with E-state index < -0.39 is 0 Å². The maximum atomic E-state index is 12.1. The lowest BCUT2D eigenvalue weighted by molar-refractivity contribution is 0.102. The Labute approximate surface area is 124 Å². The summed E-state index contributed by atoms with van der Waals surface area (Å²) in [6.45, 7) is 4.15. The Morgan fingerprint density at radius 2 is 1.81 bits per heavy atom. The first-order valence-corrected chi connectivity index (χ1v) is 7.31. The van der Waals surface area contributed by atoms with Crippen LogP contribution in [-0.2, 0) is 0 Å². The van der Waals surface area contributed by atoms with Gasteiger partial charge in [0.05, 0.1) is 5.56 Å². The molecule has 0 aliphatic carbocycles. The molecule has 0 spiro atoms. The zero-order valence-electron chi connectivity index (χ0n) is 12.2. The minimum atomic E-state index is -0.128. The second-order valence-electron chi connectivity index (χ2n) is 5.38. The van der Waals surface area contributed by atoms with Gasteiger partial charge >= 0.3 is 0 Å². The SMILES string of the molecule is Cc1ccc(C(=O)Nc2ccc(N3CCCC3)cc2)cn1. The Hall–Kier alpha value is -2.36. The van der Waals surface area contributed by atoms with Crippen LogP contribution in [0.25, 0.3) is 0 Å². The van der Waals surface area contributed by atoms with E-state index in [1.54, 1.807) is 12.3 Å². The fraction of sp³-hybridized carbons (Fsp3) is 0.294. The van der Waals surface area contributed by atoms with Crippen molar-refractivity contribution in [2.24, 2.45) is 0 Å². The Morgan fingerprint density at radius 1 is 1.10 bits per heavy atom. The van der Waals surface area contributed by atoms with Crippen molar-refractivity contribution >= 4 is 17.3 Å². The van der Waals surface area contributed by atoms with Gasteiger partial charge in [0.2, 0.25) is 0 Å². The van der Waals surface area contributed by atoms with E-state index >= 15 is 0 Å². The number of hydrogen-bond donors (Lipinski definition) is 1. The third kappa shape index (κ3) is 3.21. The number of benzene rings is 1. The van der Waals surface area contributed by atoms with E-state index in [0.717, 1.165) is 24.5 Å². The van der Waals surface area contributed by atoms with E-state index in [1.165, 1.54) is 18.5 Å². The predicted molar refractivity (Wildman–Crippen MR) is 84.8 cm³/mol. The normalized spacial score (nSPS) is 14.2. The molecule has 1 aliphatic heterocycles. The number of aromatic nitrogens is 1. The van der Waals surface area contributed by atoms with E-state index in [4.69, 9.17) is 0 Å². The highest BCUT2D eigenvalue weighted by atomic mass is 16.1. The monoisotopic (exact) mass is 281 g/mol. The van der Waals surface area contributed by atoms with Crippen LogP contribution < -0.4 is 10.2 Å². The number of pyridine rings is 1. The van der Waals surface area contributed by atoms with Gasteiger partial charge in [0.1, 0.15) is 0 Å². The fourth-order valence-electron chi connectivity index (χ4n) is 2.54. The smallest absolute Gasteiger partial charge is 0.257 e. The molecule has 1 aromatic heterocycles. The molecule has 0 unspecified atom stereocenters. The van der Waals surface area contributed by atoms with Gasteiger partial charge in [-0.1, -0.05) is 0 Å². The van der Waals surface area contributed by atoms with Crippen molar-refractivity contribution in [3.8, 4) is 0 Å². The van der Waals surface area contributed by atoms with Crippen LogP contribution >= 0.6 is 0 Å². The Morgan fingerprint density at radius 3 is 2.43 bits per heavy atom. The van der Waals surface area contributed by atoms with Crippen molar-refractivity contribution in [3.05, 3.63) is 53.9 Å². The molecule has 1 saturated heterocycles. The first-order chi connectivity index (χ1) is 10.2. The summed E-state index contributed by atoms with van der Waals surface area (Å²) >= 11 is 0. The highest BCUT2D eigenvalue weighted by molar-refractivity contribution is 6.04. The predicted octanol–water partition coefficient (Wildman–Crippen LogP) is 3.24. The molecule has 1 fully saturated rings. The third-order valence-electron chi connectivity index (χ3n) is 3.77. The number of amides is 1. The lowest BCUT2D eigenvalue weighted by Gasteiger charge is -2.17. The summed E-state index contributed by atoms with van der Waals surface area (Å²) in [5.41, 5.74) is 3.51. The average molecular weight is 281 g/mol.